The van der Waals surface area contributed by atoms with Gasteiger partial charge in [0.15, 0.2) is 0 Å². The van der Waals surface area contributed by atoms with E-state index in [-0.39, 0.29) is 18.5 Å². The van der Waals surface area contributed by atoms with Gasteiger partial charge < -0.3 is 14.6 Å². The lowest BCUT2D eigenvalue weighted by atomic mass is 9.77. The first-order valence-electron chi connectivity index (χ1n) is 9.54. The molecule has 1 N–H and O–H groups in total. The van der Waals surface area contributed by atoms with E-state index >= 15 is 0 Å². The zero-order chi connectivity index (χ0) is 20.2. The number of ether oxygens (including phenoxy) is 2. The van der Waals surface area contributed by atoms with Gasteiger partial charge in [-0.1, -0.05) is 42.5 Å². The van der Waals surface area contributed by atoms with Crippen molar-refractivity contribution in [2.45, 2.75) is 24.9 Å². The SMILES string of the molecule is O=C(O)CO[C@H]1C[C@H](c2ccc(-c3cc(Oc4ccccc4)ccc3F)cc2)C1. The molecule has 3 aromatic rings. The van der Waals surface area contributed by atoms with E-state index in [1.54, 1.807) is 12.1 Å². The van der Waals surface area contributed by atoms with E-state index in [2.05, 4.69) is 0 Å². The largest absolute Gasteiger partial charge is 0.480 e. The highest BCUT2D eigenvalue weighted by Crippen LogP contribution is 2.39. The standard InChI is InChI=1S/C24H21FO4/c25-23-11-10-20(29-19-4-2-1-3-5-19)14-22(23)17-8-6-16(7-9-17)18-12-21(13-18)28-15-24(26)27/h1-11,14,18,21H,12-13,15H2,(H,26,27)/t18-,21-. The van der Waals surface area contributed by atoms with Gasteiger partial charge in [-0.15, -0.1) is 0 Å². The zero-order valence-electron chi connectivity index (χ0n) is 15.8. The number of hydrogen-bond donors (Lipinski definition) is 1. The number of aliphatic carboxylic acids is 1. The molecule has 0 unspecified atom stereocenters. The van der Waals surface area contributed by atoms with E-state index in [4.69, 9.17) is 14.6 Å². The Morgan fingerprint density at radius 2 is 1.69 bits per heavy atom. The van der Waals surface area contributed by atoms with E-state index in [0.29, 0.717) is 23.0 Å². The van der Waals surface area contributed by atoms with Gasteiger partial charge in [-0.25, -0.2) is 9.18 Å². The third kappa shape index (κ3) is 4.63. The monoisotopic (exact) mass is 392 g/mol. The van der Waals surface area contributed by atoms with Gasteiger partial charge in [0, 0.05) is 5.56 Å². The molecule has 5 heteroatoms. The highest BCUT2D eigenvalue weighted by atomic mass is 19.1. The highest BCUT2D eigenvalue weighted by Gasteiger charge is 2.31. The molecule has 3 aromatic carbocycles. The molecule has 1 aliphatic carbocycles. The van der Waals surface area contributed by atoms with Crippen LogP contribution in [-0.2, 0) is 9.53 Å². The second kappa shape index (κ2) is 8.45. The summed E-state index contributed by atoms with van der Waals surface area (Å²) in [5, 5.41) is 8.66. The molecule has 4 nitrogen and oxygen atoms in total. The molecule has 0 radical (unpaired) electrons. The third-order valence-electron chi connectivity index (χ3n) is 5.15. The number of carbonyl (C=O) groups is 1. The number of carboxylic acids is 1. The smallest absolute Gasteiger partial charge is 0.329 e. The Morgan fingerprint density at radius 1 is 0.966 bits per heavy atom. The van der Waals surface area contributed by atoms with E-state index in [0.717, 1.165) is 24.0 Å². The van der Waals surface area contributed by atoms with Crippen LogP contribution < -0.4 is 4.74 Å². The van der Waals surface area contributed by atoms with E-state index in [9.17, 15) is 9.18 Å². The molecule has 0 aromatic heterocycles. The molecule has 1 fully saturated rings. The minimum atomic E-state index is -0.946. The van der Waals surface area contributed by atoms with Crippen LogP contribution >= 0.6 is 0 Å². The van der Waals surface area contributed by atoms with Crippen LogP contribution in [0.25, 0.3) is 11.1 Å². The predicted octanol–water partition coefficient (Wildman–Crippen LogP) is 5.63. The maximum absolute atomic E-state index is 14.4. The van der Waals surface area contributed by atoms with Crippen molar-refractivity contribution in [3.05, 3.63) is 84.2 Å². The second-order valence-corrected chi connectivity index (χ2v) is 7.17. The lowest BCUT2D eigenvalue weighted by Crippen LogP contribution is -2.31. The number of halogens is 1. The number of benzene rings is 3. The van der Waals surface area contributed by atoms with Crippen molar-refractivity contribution in [2.75, 3.05) is 6.61 Å². The maximum atomic E-state index is 14.4. The fraction of sp³-hybridized carbons (Fsp3) is 0.208. The molecular formula is C24H21FO4. The summed E-state index contributed by atoms with van der Waals surface area (Å²) < 4.78 is 25.5. The van der Waals surface area contributed by atoms with Crippen LogP contribution in [0, 0.1) is 5.82 Å². The molecule has 1 saturated carbocycles. The minimum Gasteiger partial charge on any atom is -0.480 e. The Morgan fingerprint density at radius 3 is 2.38 bits per heavy atom. The van der Waals surface area contributed by atoms with Gasteiger partial charge in [-0.3, -0.25) is 0 Å². The van der Waals surface area contributed by atoms with Gasteiger partial charge in [0.05, 0.1) is 6.10 Å². The van der Waals surface area contributed by atoms with Crippen LogP contribution in [-0.4, -0.2) is 23.8 Å². The molecule has 0 spiro atoms. The van der Waals surface area contributed by atoms with Crippen LogP contribution in [0.5, 0.6) is 11.5 Å². The van der Waals surface area contributed by atoms with Gasteiger partial charge in [-0.05, 0) is 60.2 Å². The third-order valence-corrected chi connectivity index (χ3v) is 5.15. The Hall–Kier alpha value is -3.18. The van der Waals surface area contributed by atoms with E-state index in [1.807, 2.05) is 54.6 Å². The average molecular weight is 392 g/mol. The lowest BCUT2D eigenvalue weighted by Gasteiger charge is -2.35. The quantitative estimate of drug-likeness (QED) is 0.566. The lowest BCUT2D eigenvalue weighted by molar-refractivity contribution is -0.146. The first-order valence-corrected chi connectivity index (χ1v) is 9.54. The topological polar surface area (TPSA) is 55.8 Å². The summed E-state index contributed by atoms with van der Waals surface area (Å²) in [7, 11) is 0. The summed E-state index contributed by atoms with van der Waals surface area (Å²) >= 11 is 0. The number of hydrogen-bond acceptors (Lipinski definition) is 3. The average Bonchev–Trinajstić information content (AvgIpc) is 2.69. The van der Waals surface area contributed by atoms with Crippen molar-refractivity contribution in [1.29, 1.82) is 0 Å². The van der Waals surface area contributed by atoms with Crippen molar-refractivity contribution in [1.82, 2.24) is 0 Å². The molecule has 0 atom stereocenters. The van der Waals surface area contributed by atoms with Gasteiger partial charge in [0.25, 0.3) is 0 Å². The maximum Gasteiger partial charge on any atom is 0.329 e. The Labute approximate surface area is 168 Å². The molecule has 0 heterocycles. The summed E-state index contributed by atoms with van der Waals surface area (Å²) in [4.78, 5) is 10.6. The number of para-hydroxylation sites is 1. The van der Waals surface area contributed by atoms with Gasteiger partial charge in [-0.2, -0.15) is 0 Å². The molecule has 0 amide bonds. The molecule has 1 aliphatic rings. The normalized spacial score (nSPS) is 18.1. The van der Waals surface area contributed by atoms with Crippen molar-refractivity contribution >= 4 is 5.97 Å². The van der Waals surface area contributed by atoms with Gasteiger partial charge >= 0.3 is 5.97 Å². The summed E-state index contributed by atoms with van der Waals surface area (Å²) in [5.41, 5.74) is 2.42. The Balaban J connectivity index is 1.44. The van der Waals surface area contributed by atoms with Crippen LogP contribution in [0.3, 0.4) is 0 Å². The first-order chi connectivity index (χ1) is 14.1. The molecule has 148 valence electrons. The molecule has 0 saturated heterocycles. The molecule has 0 bridgehead atoms. The number of rotatable bonds is 7. The van der Waals surface area contributed by atoms with E-state index in [1.165, 1.54) is 6.07 Å². The van der Waals surface area contributed by atoms with Crippen LogP contribution in [0.4, 0.5) is 4.39 Å². The minimum absolute atomic E-state index is 0.0000350. The molecule has 4 rings (SSSR count). The molecular weight excluding hydrogens is 371 g/mol. The fourth-order valence-corrected chi connectivity index (χ4v) is 3.51. The summed E-state index contributed by atoms with van der Waals surface area (Å²) in [6.45, 7) is -0.253. The van der Waals surface area contributed by atoms with Crippen molar-refractivity contribution in [2.24, 2.45) is 0 Å². The summed E-state index contributed by atoms with van der Waals surface area (Å²) in [5.74, 6) is 0.377. The fourth-order valence-electron chi connectivity index (χ4n) is 3.51. The molecule has 0 aliphatic heterocycles. The first kappa shape index (κ1) is 19.2. The molecule has 29 heavy (non-hydrogen) atoms. The zero-order valence-corrected chi connectivity index (χ0v) is 15.8. The summed E-state index contributed by atoms with van der Waals surface area (Å²) in [6.07, 6.45) is 1.61. The van der Waals surface area contributed by atoms with Gasteiger partial charge in [0.2, 0.25) is 0 Å². The predicted molar refractivity (Wildman–Crippen MR) is 108 cm³/mol. The Bertz CT molecular complexity index is 980. The van der Waals surface area contributed by atoms with Crippen LogP contribution in [0.2, 0.25) is 0 Å². The van der Waals surface area contributed by atoms with Crippen molar-refractivity contribution in [3.63, 3.8) is 0 Å². The Kier molecular flexibility index (Phi) is 5.58. The highest BCUT2D eigenvalue weighted by molar-refractivity contribution is 5.68. The second-order valence-electron chi connectivity index (χ2n) is 7.17. The van der Waals surface area contributed by atoms with Crippen molar-refractivity contribution < 1.29 is 23.8 Å². The van der Waals surface area contributed by atoms with E-state index < -0.39 is 5.97 Å². The van der Waals surface area contributed by atoms with Crippen LogP contribution in [0.15, 0.2) is 72.8 Å². The number of carboxylic acid groups (broad SMARTS) is 1. The van der Waals surface area contributed by atoms with Crippen LogP contribution in [0.1, 0.15) is 24.3 Å². The summed E-state index contributed by atoms with van der Waals surface area (Å²) in [6, 6.07) is 21.9. The van der Waals surface area contributed by atoms with Crippen molar-refractivity contribution in [3.8, 4) is 22.6 Å². The van der Waals surface area contributed by atoms with Gasteiger partial charge in [0.1, 0.15) is 23.9 Å².